The van der Waals surface area contributed by atoms with Gasteiger partial charge in [-0.1, -0.05) is 12.1 Å². The number of nitrogens with one attached hydrogen (secondary N) is 1. The van der Waals surface area contributed by atoms with Crippen LogP contribution in [0.3, 0.4) is 0 Å². The molecule has 1 atom stereocenters. The van der Waals surface area contributed by atoms with E-state index < -0.39 is 23.8 Å². The zero-order valence-corrected chi connectivity index (χ0v) is 21.0. The van der Waals surface area contributed by atoms with Gasteiger partial charge in [0.05, 0.1) is 47.1 Å². The Morgan fingerprint density at radius 3 is 2.55 bits per heavy atom. The van der Waals surface area contributed by atoms with Gasteiger partial charge in [0.2, 0.25) is 0 Å². The first-order chi connectivity index (χ1) is 18.0. The minimum atomic E-state index is -4.60. The lowest BCUT2D eigenvalue weighted by Crippen LogP contribution is -2.72. The van der Waals surface area contributed by atoms with Gasteiger partial charge in [0.25, 0.3) is 5.91 Å². The van der Waals surface area contributed by atoms with Crippen molar-refractivity contribution < 1.29 is 28.1 Å². The van der Waals surface area contributed by atoms with Crippen molar-refractivity contribution in [3.8, 4) is 6.07 Å². The van der Waals surface area contributed by atoms with Crippen LogP contribution in [0.1, 0.15) is 34.7 Å². The highest BCUT2D eigenvalue weighted by Gasteiger charge is 2.45. The minimum Gasteiger partial charge on any atom is -0.341 e. The fraction of sp³-hybridized carbons (Fsp3) is 0.259. The second-order valence-electron chi connectivity index (χ2n) is 9.03. The Morgan fingerprint density at radius 2 is 1.92 bits per heavy atom. The summed E-state index contributed by atoms with van der Waals surface area (Å²) in [5, 5.41) is 19.2. The predicted molar refractivity (Wildman–Crippen MR) is 135 cm³/mol. The summed E-state index contributed by atoms with van der Waals surface area (Å²) in [5.74, 6) is -0.356. The van der Waals surface area contributed by atoms with Gasteiger partial charge < -0.3 is 20.5 Å². The Bertz CT molecular complexity index is 1420. The van der Waals surface area contributed by atoms with E-state index >= 15 is 0 Å². The zero-order valence-electron chi connectivity index (χ0n) is 21.0. The van der Waals surface area contributed by atoms with Gasteiger partial charge in [-0.05, 0) is 41.5 Å². The van der Waals surface area contributed by atoms with Crippen LogP contribution in [0.2, 0.25) is 0 Å². The topological polar surface area (TPSA) is 108 Å². The molecule has 2 aliphatic rings. The maximum atomic E-state index is 13.8. The van der Waals surface area contributed by atoms with Crippen molar-refractivity contribution in [2.45, 2.75) is 18.6 Å². The highest BCUT2D eigenvalue weighted by molar-refractivity contribution is 6.10. The van der Waals surface area contributed by atoms with E-state index in [0.717, 1.165) is 18.3 Å². The summed E-state index contributed by atoms with van der Waals surface area (Å²) < 4.78 is 40.4. The first-order valence-corrected chi connectivity index (χ1v) is 11.8. The number of carbonyl (C=O) groups is 2. The smallest absolute Gasteiger partial charge is 0.341 e. The third-order valence-corrected chi connectivity index (χ3v) is 6.72. The molecular weight excluding hydrogens is 497 g/mol. The number of nitrogens with zero attached hydrogens (tertiary/aromatic N) is 4. The second kappa shape index (κ2) is 10.1. The number of benzene rings is 2. The molecule has 0 bridgehead atoms. The highest BCUT2D eigenvalue weighted by Crippen LogP contribution is 2.44. The molecule has 1 unspecified atom stereocenters. The highest BCUT2D eigenvalue weighted by atomic mass is 19.4. The first-order valence-electron chi connectivity index (χ1n) is 11.8. The second-order valence-corrected chi connectivity index (χ2v) is 9.03. The van der Waals surface area contributed by atoms with Gasteiger partial charge in [-0.3, -0.25) is 9.69 Å². The molecule has 0 aromatic heterocycles. The molecule has 3 amide bonds. The van der Waals surface area contributed by atoms with Gasteiger partial charge in [-0.25, -0.2) is 4.79 Å². The van der Waals surface area contributed by atoms with E-state index in [2.05, 4.69) is 6.07 Å². The third-order valence-electron chi connectivity index (χ3n) is 6.72. The number of halogens is 3. The number of urea groups is 1. The van der Waals surface area contributed by atoms with Crippen molar-refractivity contribution in [2.75, 3.05) is 32.6 Å². The van der Waals surface area contributed by atoms with E-state index in [1.807, 2.05) is 0 Å². The molecule has 0 saturated carbocycles. The van der Waals surface area contributed by atoms with Gasteiger partial charge in [0, 0.05) is 39.0 Å². The number of rotatable bonds is 5. The number of anilines is 1. The molecular formula is C27H26F3N6O2+. The standard InChI is InChI=1S/C27H25F3N6O2/c1-33-15-17(14-32)21-11-16(13-31)7-8-20(21)24-23-22(9-10-34(2)25(23)37)36(26(38)35(24)3)19-6-4-5-18(12-19)27(28,29)30/h4-8,11-12,14-15,24,32-33H,9-10H2,1-3H3/p+1/b17-15+,32-14?. The minimum absolute atomic E-state index is 0.0145. The monoisotopic (exact) mass is 523 g/mol. The number of carbonyl (C=O) groups excluding carboxylic acids is 2. The van der Waals surface area contributed by atoms with E-state index in [0.29, 0.717) is 28.0 Å². The Balaban J connectivity index is 1.99. The van der Waals surface area contributed by atoms with Crippen LogP contribution >= 0.6 is 0 Å². The van der Waals surface area contributed by atoms with Gasteiger partial charge in [-0.15, -0.1) is 0 Å². The lowest BCUT2D eigenvalue weighted by molar-refractivity contribution is -0.555. The zero-order chi connectivity index (χ0) is 27.8. The normalized spacial score (nSPS) is 18.5. The number of quaternary nitrogens is 1. The van der Waals surface area contributed by atoms with E-state index in [4.69, 9.17) is 5.41 Å². The Kier molecular flexibility index (Phi) is 7.11. The van der Waals surface area contributed by atoms with Crippen molar-refractivity contribution >= 4 is 29.4 Å². The first kappa shape index (κ1) is 26.6. The molecule has 0 fully saturated rings. The fourth-order valence-electron chi connectivity index (χ4n) is 4.88. The Hall–Kier alpha value is -4.43. The molecule has 0 radical (unpaired) electrons. The van der Waals surface area contributed by atoms with Crippen LogP contribution < -0.4 is 10.2 Å². The lowest BCUT2D eigenvalue weighted by Gasteiger charge is -2.45. The maximum Gasteiger partial charge on any atom is 0.416 e. The van der Waals surface area contributed by atoms with Crippen LogP contribution in [-0.4, -0.2) is 55.6 Å². The molecule has 2 aromatic rings. The summed E-state index contributed by atoms with van der Waals surface area (Å²) in [6, 6.07) is 9.90. The van der Waals surface area contributed by atoms with Crippen LogP contribution in [0.25, 0.3) is 5.57 Å². The van der Waals surface area contributed by atoms with Crippen LogP contribution in [0.5, 0.6) is 0 Å². The predicted octanol–water partition coefficient (Wildman–Crippen LogP) is 3.49. The number of hydrogen-bond acceptors (Lipinski definition) is 4. The van der Waals surface area contributed by atoms with E-state index in [1.165, 1.54) is 33.9 Å². The lowest BCUT2D eigenvalue weighted by atomic mass is 9.84. The van der Waals surface area contributed by atoms with Crippen molar-refractivity contribution in [3.05, 3.63) is 82.2 Å². The number of hydrogen-bond donors (Lipinski definition) is 2. The maximum absolute atomic E-state index is 13.8. The largest absolute Gasteiger partial charge is 0.416 e. The van der Waals surface area contributed by atoms with E-state index in [-0.39, 0.29) is 30.1 Å². The third kappa shape index (κ3) is 4.54. The van der Waals surface area contributed by atoms with Crippen molar-refractivity contribution in [1.82, 2.24) is 9.80 Å². The molecule has 2 aromatic carbocycles. The number of nitrogens with two attached hydrogens (primary N) is 1. The summed E-state index contributed by atoms with van der Waals surface area (Å²) in [7, 11) is 4.89. The van der Waals surface area contributed by atoms with Crippen LogP contribution in [-0.2, 0) is 11.0 Å². The molecule has 11 heteroatoms. The summed E-state index contributed by atoms with van der Waals surface area (Å²) in [4.78, 5) is 31.4. The van der Waals surface area contributed by atoms with Crippen LogP contribution in [0.4, 0.5) is 23.7 Å². The molecule has 0 spiro atoms. The molecule has 8 nitrogen and oxygen atoms in total. The summed E-state index contributed by atoms with van der Waals surface area (Å²) in [6.45, 7) is 0.285. The van der Waals surface area contributed by atoms with Gasteiger partial charge in [0.15, 0.2) is 0 Å². The van der Waals surface area contributed by atoms with E-state index in [9.17, 15) is 28.0 Å². The fourth-order valence-corrected chi connectivity index (χ4v) is 4.88. The quantitative estimate of drug-likeness (QED) is 0.586. The summed E-state index contributed by atoms with van der Waals surface area (Å²) >= 11 is 0. The molecule has 2 heterocycles. The molecule has 196 valence electrons. The van der Waals surface area contributed by atoms with Crippen LogP contribution in [0, 0.1) is 16.7 Å². The van der Waals surface area contributed by atoms with Gasteiger partial charge in [0.1, 0.15) is 6.20 Å². The summed E-state index contributed by atoms with van der Waals surface area (Å²) in [5.41, 5.74) is 1.54. The van der Waals surface area contributed by atoms with Crippen molar-refractivity contribution in [1.29, 1.82) is 10.7 Å². The number of amides is 3. The molecule has 38 heavy (non-hydrogen) atoms. The number of nitriles is 1. The number of allylic oxidation sites excluding steroid dienone is 1. The van der Waals surface area contributed by atoms with Gasteiger partial charge in [-0.2, -0.15) is 18.4 Å². The molecule has 0 saturated heterocycles. The van der Waals surface area contributed by atoms with Gasteiger partial charge >= 0.3 is 12.2 Å². The molecule has 4 rings (SSSR count). The average molecular weight is 524 g/mol. The van der Waals surface area contributed by atoms with Crippen molar-refractivity contribution in [2.24, 2.45) is 0 Å². The van der Waals surface area contributed by atoms with Crippen molar-refractivity contribution in [3.63, 3.8) is 0 Å². The van der Waals surface area contributed by atoms with Crippen LogP contribution in [0.15, 0.2) is 59.9 Å². The summed E-state index contributed by atoms with van der Waals surface area (Å²) in [6.07, 6.45) is -1.53. The molecule has 3 N–H and O–H groups in total. The SMILES string of the molecule is C[NH2+]/C=C(\C=N)c1cc(C#N)ccc1C1C2=C(CCN(C)C2=O)N(c2cccc(C(F)(F)F)c2)C(=O)N1C. The number of alkyl halides is 3. The molecule has 2 aliphatic heterocycles. The number of likely N-dealkylation sites (N-methyl/N-ethyl adjacent to an activating group) is 2. The Labute approximate surface area is 217 Å². The average Bonchev–Trinajstić information content (AvgIpc) is 2.90. The Morgan fingerprint density at radius 1 is 1.18 bits per heavy atom. The van der Waals surface area contributed by atoms with E-state index in [1.54, 1.807) is 43.8 Å². The molecule has 0 aliphatic carbocycles.